The molecule has 3 heterocycles. The van der Waals surface area contributed by atoms with Gasteiger partial charge in [-0.3, -0.25) is 4.79 Å². The number of hydrogen-bond donors (Lipinski definition) is 6. The molecule has 3 rings (SSSR count). The number of ether oxygens (including phenoxy) is 1. The highest BCUT2D eigenvalue weighted by atomic mass is 32.1. The maximum Gasteiger partial charge on any atom is 0.348 e. The molecule has 0 spiro atoms. The summed E-state index contributed by atoms with van der Waals surface area (Å²) in [6, 6.07) is 5.14. The Kier molecular flexibility index (Phi) is 7.89. The minimum absolute atomic E-state index is 0.0252. The smallest absolute Gasteiger partial charge is 0.348 e. The monoisotopic (exact) mass is 469 g/mol. The van der Waals surface area contributed by atoms with E-state index >= 15 is 0 Å². The highest BCUT2D eigenvalue weighted by Gasteiger charge is 2.35. The molecule has 0 radical (unpaired) electrons. The van der Waals surface area contributed by atoms with E-state index in [0.29, 0.717) is 17.1 Å². The number of aliphatic hydroxyl groups excluding tert-OH is 4. The highest BCUT2D eigenvalue weighted by molar-refractivity contribution is 7.20. The van der Waals surface area contributed by atoms with E-state index in [9.17, 15) is 30.0 Å². The Bertz CT molecular complexity index is 1070. The van der Waals surface area contributed by atoms with Crippen molar-refractivity contribution in [1.29, 1.82) is 0 Å². The van der Waals surface area contributed by atoms with Crippen molar-refractivity contribution in [3.63, 3.8) is 0 Å². The molecule has 4 atom stereocenters. The Morgan fingerprint density at radius 3 is 2.74 bits per heavy atom. The standard InChI is InChI=1S/C19H23N3O7S2/c1-20-7-11(24)15(26)16(12(25)8-23)29-19(28)13-6-10-17(27)21-14(22-18(10)31-13)5-9-3-2-4-30-9/h2-4,6,11-12,15-16,20,23-26H,5,7-8H2,1H3,(H,21,22,27)/t11-,12+,15+,16+/m0/s1. The zero-order valence-corrected chi connectivity index (χ0v) is 18.2. The van der Waals surface area contributed by atoms with Crippen molar-refractivity contribution in [2.45, 2.75) is 30.8 Å². The second kappa shape index (κ2) is 10.4. The number of H-pyrrole nitrogens is 1. The van der Waals surface area contributed by atoms with Crippen LogP contribution >= 0.6 is 22.7 Å². The molecular weight excluding hydrogens is 446 g/mol. The van der Waals surface area contributed by atoms with Gasteiger partial charge in [-0.05, 0) is 24.6 Å². The summed E-state index contributed by atoms with van der Waals surface area (Å²) in [6.07, 6.45) is -5.74. The number of carbonyl (C=O) groups is 1. The predicted molar refractivity (Wildman–Crippen MR) is 116 cm³/mol. The Hall–Kier alpha value is -2.19. The minimum atomic E-state index is -1.65. The lowest BCUT2D eigenvalue weighted by molar-refractivity contribution is -0.119. The summed E-state index contributed by atoms with van der Waals surface area (Å²) < 4.78 is 5.19. The first-order valence-corrected chi connectivity index (χ1v) is 11.1. The zero-order chi connectivity index (χ0) is 22.5. The molecule has 0 bridgehead atoms. The van der Waals surface area contributed by atoms with Crippen LogP contribution in [0.3, 0.4) is 0 Å². The fourth-order valence-electron chi connectivity index (χ4n) is 2.95. The molecule has 0 fully saturated rings. The number of aromatic amines is 1. The SMILES string of the molecule is CNC[C@H](O)[C@@H](O)[C@H](OC(=O)c1cc2c(=O)[nH]c(Cc3cccs3)nc2s1)[C@H](O)CO. The number of esters is 1. The van der Waals surface area contributed by atoms with Crippen LogP contribution in [0.15, 0.2) is 28.4 Å². The number of hydrogen-bond acceptors (Lipinski definition) is 11. The average Bonchev–Trinajstić information content (AvgIpc) is 3.41. The molecular formula is C19H23N3O7S2. The Morgan fingerprint density at radius 2 is 2.10 bits per heavy atom. The molecule has 168 valence electrons. The van der Waals surface area contributed by atoms with Crippen molar-refractivity contribution in [2.24, 2.45) is 0 Å². The van der Waals surface area contributed by atoms with Crippen LogP contribution in [0.2, 0.25) is 0 Å². The Labute approximate surface area is 184 Å². The van der Waals surface area contributed by atoms with Gasteiger partial charge in [-0.25, -0.2) is 9.78 Å². The quantitative estimate of drug-likeness (QED) is 0.214. The van der Waals surface area contributed by atoms with E-state index in [4.69, 9.17) is 4.74 Å². The van der Waals surface area contributed by atoms with Gasteiger partial charge in [0.05, 0.1) is 18.1 Å². The first kappa shape index (κ1) is 23.5. The maximum atomic E-state index is 12.6. The highest BCUT2D eigenvalue weighted by Crippen LogP contribution is 2.24. The van der Waals surface area contributed by atoms with E-state index in [1.807, 2.05) is 17.5 Å². The largest absolute Gasteiger partial charge is 0.452 e. The Morgan fingerprint density at radius 1 is 1.32 bits per heavy atom. The van der Waals surface area contributed by atoms with Gasteiger partial charge in [0.15, 0.2) is 6.10 Å². The van der Waals surface area contributed by atoms with Crippen LogP contribution in [0, 0.1) is 0 Å². The normalized spacial score (nSPS) is 15.5. The van der Waals surface area contributed by atoms with Crippen LogP contribution in [0.25, 0.3) is 10.2 Å². The summed E-state index contributed by atoms with van der Waals surface area (Å²) in [4.78, 5) is 33.6. The van der Waals surface area contributed by atoms with Crippen molar-refractivity contribution in [1.82, 2.24) is 15.3 Å². The van der Waals surface area contributed by atoms with Gasteiger partial charge in [-0.1, -0.05) is 6.07 Å². The molecule has 0 aliphatic rings. The van der Waals surface area contributed by atoms with Crippen LogP contribution in [0.5, 0.6) is 0 Å². The van der Waals surface area contributed by atoms with Crippen molar-refractivity contribution < 1.29 is 30.0 Å². The summed E-state index contributed by atoms with van der Waals surface area (Å²) >= 11 is 2.47. The molecule has 12 heteroatoms. The number of rotatable bonds is 10. The summed E-state index contributed by atoms with van der Waals surface area (Å²) in [5.74, 6) is -0.462. The molecule has 31 heavy (non-hydrogen) atoms. The third-order valence-electron chi connectivity index (χ3n) is 4.53. The van der Waals surface area contributed by atoms with Crippen molar-refractivity contribution >= 4 is 38.9 Å². The molecule has 0 saturated carbocycles. The first-order chi connectivity index (χ1) is 14.8. The van der Waals surface area contributed by atoms with Crippen LogP contribution in [-0.2, 0) is 11.2 Å². The van der Waals surface area contributed by atoms with Gasteiger partial charge in [0.1, 0.15) is 27.7 Å². The number of fused-ring (bicyclic) bond motifs is 1. The summed E-state index contributed by atoms with van der Waals surface area (Å²) in [5, 5.41) is 44.2. The van der Waals surface area contributed by atoms with Crippen LogP contribution in [0.4, 0.5) is 0 Å². The lowest BCUT2D eigenvalue weighted by Gasteiger charge is -2.29. The maximum absolute atomic E-state index is 12.6. The van der Waals surface area contributed by atoms with Gasteiger partial charge in [0, 0.05) is 17.8 Å². The summed E-state index contributed by atoms with van der Waals surface area (Å²) in [6.45, 7) is -0.816. The van der Waals surface area contributed by atoms with Gasteiger partial charge >= 0.3 is 5.97 Å². The molecule has 3 aromatic rings. The number of carbonyl (C=O) groups excluding carboxylic acids is 1. The number of thiophene rings is 2. The molecule has 3 aromatic heterocycles. The number of nitrogens with zero attached hydrogens (tertiary/aromatic N) is 1. The van der Waals surface area contributed by atoms with E-state index in [1.54, 1.807) is 7.05 Å². The van der Waals surface area contributed by atoms with E-state index < -0.39 is 42.6 Å². The van der Waals surface area contributed by atoms with E-state index in [2.05, 4.69) is 15.3 Å². The van der Waals surface area contributed by atoms with Crippen LogP contribution in [0.1, 0.15) is 20.4 Å². The average molecular weight is 470 g/mol. The number of aromatic nitrogens is 2. The fraction of sp³-hybridized carbons (Fsp3) is 0.421. The summed E-state index contributed by atoms with van der Waals surface area (Å²) in [7, 11) is 1.55. The molecule has 0 aliphatic heterocycles. The van der Waals surface area contributed by atoms with Gasteiger partial charge < -0.3 is 35.5 Å². The van der Waals surface area contributed by atoms with Gasteiger partial charge in [-0.2, -0.15) is 0 Å². The van der Waals surface area contributed by atoms with E-state index in [1.165, 1.54) is 17.4 Å². The van der Waals surface area contributed by atoms with E-state index in [-0.39, 0.29) is 16.8 Å². The molecule has 10 nitrogen and oxygen atoms in total. The van der Waals surface area contributed by atoms with Crippen molar-refractivity contribution in [3.8, 4) is 0 Å². The van der Waals surface area contributed by atoms with Gasteiger partial charge in [-0.15, -0.1) is 22.7 Å². The third-order valence-corrected chi connectivity index (χ3v) is 6.41. The second-order valence-electron chi connectivity index (χ2n) is 6.83. The van der Waals surface area contributed by atoms with E-state index in [0.717, 1.165) is 16.2 Å². The first-order valence-electron chi connectivity index (χ1n) is 9.39. The fourth-order valence-corrected chi connectivity index (χ4v) is 4.59. The van der Waals surface area contributed by atoms with Gasteiger partial charge in [0.25, 0.3) is 5.56 Å². The molecule has 0 aliphatic carbocycles. The van der Waals surface area contributed by atoms with Gasteiger partial charge in [0.2, 0.25) is 0 Å². The number of aliphatic hydroxyl groups is 4. The molecule has 0 amide bonds. The Balaban J connectivity index is 1.83. The molecule has 0 unspecified atom stereocenters. The number of nitrogens with one attached hydrogen (secondary N) is 2. The lowest BCUT2D eigenvalue weighted by atomic mass is 10.0. The molecule has 0 saturated heterocycles. The van der Waals surface area contributed by atoms with Crippen molar-refractivity contribution in [3.05, 3.63) is 49.5 Å². The zero-order valence-electron chi connectivity index (χ0n) is 16.5. The topological polar surface area (TPSA) is 165 Å². The lowest BCUT2D eigenvalue weighted by Crippen LogP contribution is -2.50. The summed E-state index contributed by atoms with van der Waals surface area (Å²) in [5.41, 5.74) is -0.400. The minimum Gasteiger partial charge on any atom is -0.452 e. The number of likely N-dealkylation sites (N-methyl/N-ethyl adjacent to an activating group) is 1. The second-order valence-corrected chi connectivity index (χ2v) is 8.90. The predicted octanol–water partition coefficient (Wildman–Crippen LogP) is -0.543. The van der Waals surface area contributed by atoms with Crippen LogP contribution < -0.4 is 10.9 Å². The molecule has 0 aromatic carbocycles. The third kappa shape index (κ3) is 5.54. The van der Waals surface area contributed by atoms with Crippen molar-refractivity contribution in [2.75, 3.05) is 20.2 Å². The molecule has 6 N–H and O–H groups in total. The van der Waals surface area contributed by atoms with Crippen LogP contribution in [-0.4, -0.2) is 81.0 Å².